The van der Waals surface area contributed by atoms with Gasteiger partial charge in [0.2, 0.25) is 0 Å². The van der Waals surface area contributed by atoms with Gasteiger partial charge in [0.25, 0.3) is 0 Å². The average Bonchev–Trinajstić information content (AvgIpc) is 2.75. The van der Waals surface area contributed by atoms with Crippen LogP contribution in [0.4, 0.5) is 0 Å². The molecule has 2 heterocycles. The van der Waals surface area contributed by atoms with E-state index in [-0.39, 0.29) is 0 Å². The lowest BCUT2D eigenvalue weighted by atomic mass is 10.2. The highest BCUT2D eigenvalue weighted by Gasteiger charge is 2.05. The van der Waals surface area contributed by atoms with Gasteiger partial charge in [-0.1, -0.05) is 17.7 Å². The van der Waals surface area contributed by atoms with Crippen molar-refractivity contribution in [3.8, 4) is 10.7 Å². The third kappa shape index (κ3) is 2.20. The molecule has 0 saturated heterocycles. The predicted molar refractivity (Wildman–Crippen MR) is 75.6 cm³/mol. The van der Waals surface area contributed by atoms with Crippen molar-refractivity contribution in [3.05, 3.63) is 45.3 Å². The molecular weight excluding hydrogens is 320 g/mol. The minimum absolute atomic E-state index is 0.726. The minimum atomic E-state index is 0.726. The summed E-state index contributed by atoms with van der Waals surface area (Å²) in [6.07, 6.45) is 0. The van der Waals surface area contributed by atoms with E-state index < -0.39 is 0 Å². The summed E-state index contributed by atoms with van der Waals surface area (Å²) in [6, 6.07) is 9.65. The van der Waals surface area contributed by atoms with Crippen LogP contribution in [0, 0.1) is 0 Å². The van der Waals surface area contributed by atoms with E-state index in [1.54, 1.807) is 11.3 Å². The maximum absolute atomic E-state index is 5.93. The third-order valence-electron chi connectivity index (χ3n) is 2.35. The Morgan fingerprint density at radius 1 is 1.12 bits per heavy atom. The number of pyridine rings is 1. The van der Waals surface area contributed by atoms with Crippen LogP contribution in [0.25, 0.3) is 21.6 Å². The van der Waals surface area contributed by atoms with Crippen LogP contribution in [-0.2, 0) is 0 Å². The predicted octanol–water partition coefficient (Wildman–Crippen LogP) is 4.77. The molecular formula is C12H6BrClN2S. The second-order valence-electron chi connectivity index (χ2n) is 3.51. The Kier molecular flexibility index (Phi) is 2.86. The van der Waals surface area contributed by atoms with Gasteiger partial charge in [0.05, 0.1) is 11.2 Å². The number of aromatic nitrogens is 2. The highest BCUT2D eigenvalue weighted by molar-refractivity contribution is 9.10. The van der Waals surface area contributed by atoms with Crippen molar-refractivity contribution in [1.82, 2.24) is 9.97 Å². The first kappa shape index (κ1) is 11.1. The molecule has 0 unspecified atom stereocenters. The first-order chi connectivity index (χ1) is 8.22. The summed E-state index contributed by atoms with van der Waals surface area (Å²) in [6.45, 7) is 0. The maximum atomic E-state index is 5.93. The fourth-order valence-electron chi connectivity index (χ4n) is 1.59. The summed E-state index contributed by atoms with van der Waals surface area (Å²) >= 11 is 10.8. The zero-order valence-corrected chi connectivity index (χ0v) is 11.7. The highest BCUT2D eigenvalue weighted by atomic mass is 79.9. The molecule has 17 heavy (non-hydrogen) atoms. The first-order valence-electron chi connectivity index (χ1n) is 4.90. The lowest BCUT2D eigenvalue weighted by Gasteiger charge is -2.00. The number of fused-ring (bicyclic) bond motifs is 1. The number of hydrogen-bond donors (Lipinski definition) is 0. The third-order valence-corrected chi connectivity index (χ3v) is 4.16. The lowest BCUT2D eigenvalue weighted by Crippen LogP contribution is -1.84. The fraction of sp³-hybridized carbons (Fsp3) is 0. The number of benzene rings is 1. The molecule has 0 bridgehead atoms. The molecule has 0 aliphatic carbocycles. The van der Waals surface area contributed by atoms with Crippen molar-refractivity contribution in [2.75, 3.05) is 0 Å². The molecule has 0 aliphatic rings. The summed E-state index contributed by atoms with van der Waals surface area (Å²) in [5, 5.41) is 4.62. The standard InChI is InChI=1S/C12H6BrClN2S/c13-11-6-17-12(16-11)10-3-1-7-5-8(14)2-4-9(7)15-10/h1-6H. The lowest BCUT2D eigenvalue weighted by molar-refractivity contribution is 1.31. The molecule has 0 aliphatic heterocycles. The second-order valence-corrected chi connectivity index (χ2v) is 5.62. The topological polar surface area (TPSA) is 25.8 Å². The molecule has 0 N–H and O–H groups in total. The van der Waals surface area contributed by atoms with Gasteiger partial charge in [0.15, 0.2) is 0 Å². The summed E-state index contributed by atoms with van der Waals surface area (Å²) in [4.78, 5) is 8.92. The van der Waals surface area contributed by atoms with Gasteiger partial charge in [0.1, 0.15) is 9.61 Å². The van der Waals surface area contributed by atoms with Crippen LogP contribution < -0.4 is 0 Å². The van der Waals surface area contributed by atoms with Crippen molar-refractivity contribution in [2.45, 2.75) is 0 Å². The zero-order valence-electron chi connectivity index (χ0n) is 8.52. The summed E-state index contributed by atoms with van der Waals surface area (Å²) in [5.41, 5.74) is 1.81. The number of halogens is 2. The van der Waals surface area contributed by atoms with Crippen molar-refractivity contribution < 1.29 is 0 Å². The van der Waals surface area contributed by atoms with Gasteiger partial charge in [-0.2, -0.15) is 0 Å². The smallest absolute Gasteiger partial charge is 0.143 e. The van der Waals surface area contributed by atoms with E-state index in [1.165, 1.54) is 0 Å². The normalized spacial score (nSPS) is 10.9. The molecule has 84 valence electrons. The highest BCUT2D eigenvalue weighted by Crippen LogP contribution is 2.27. The Labute approximate surface area is 115 Å². The van der Waals surface area contributed by atoms with Crippen LogP contribution in [-0.4, -0.2) is 9.97 Å². The van der Waals surface area contributed by atoms with E-state index in [2.05, 4.69) is 25.9 Å². The quantitative estimate of drug-likeness (QED) is 0.644. The van der Waals surface area contributed by atoms with Crippen LogP contribution >= 0.6 is 38.9 Å². The van der Waals surface area contributed by atoms with Crippen molar-refractivity contribution in [3.63, 3.8) is 0 Å². The van der Waals surface area contributed by atoms with Crippen molar-refractivity contribution >= 4 is 49.8 Å². The van der Waals surface area contributed by atoms with Crippen LogP contribution in [0.3, 0.4) is 0 Å². The van der Waals surface area contributed by atoms with E-state index in [0.717, 1.165) is 31.2 Å². The summed E-state index contributed by atoms with van der Waals surface area (Å²) < 4.78 is 0.843. The monoisotopic (exact) mass is 324 g/mol. The Balaban J connectivity index is 2.16. The minimum Gasteiger partial charge on any atom is -0.245 e. The molecule has 2 aromatic heterocycles. The zero-order chi connectivity index (χ0) is 11.8. The molecule has 0 fully saturated rings. The van der Waals surface area contributed by atoms with Gasteiger partial charge in [-0.3, -0.25) is 0 Å². The van der Waals surface area contributed by atoms with Gasteiger partial charge in [-0.25, -0.2) is 9.97 Å². The van der Waals surface area contributed by atoms with Crippen molar-refractivity contribution in [1.29, 1.82) is 0 Å². The summed E-state index contributed by atoms with van der Waals surface area (Å²) in [7, 11) is 0. The summed E-state index contributed by atoms with van der Waals surface area (Å²) in [5.74, 6) is 0. The van der Waals surface area contributed by atoms with Crippen LogP contribution in [0.1, 0.15) is 0 Å². The van der Waals surface area contributed by atoms with Crippen LogP contribution in [0.2, 0.25) is 5.02 Å². The number of rotatable bonds is 1. The molecule has 5 heteroatoms. The van der Waals surface area contributed by atoms with Gasteiger partial charge < -0.3 is 0 Å². The van der Waals surface area contributed by atoms with Gasteiger partial charge in [0, 0.05) is 15.8 Å². The second kappa shape index (κ2) is 4.37. The Hall–Kier alpha value is -0.970. The molecule has 0 atom stereocenters. The van der Waals surface area contributed by atoms with Crippen LogP contribution in [0.15, 0.2) is 40.3 Å². The molecule has 0 saturated carbocycles. The van der Waals surface area contributed by atoms with Gasteiger partial charge in [-0.05, 0) is 40.2 Å². The fourth-order valence-corrected chi connectivity index (χ4v) is 2.99. The first-order valence-corrected chi connectivity index (χ1v) is 6.95. The van der Waals surface area contributed by atoms with E-state index in [4.69, 9.17) is 11.6 Å². The Bertz CT molecular complexity index is 696. The Morgan fingerprint density at radius 3 is 2.76 bits per heavy atom. The average molecular weight is 326 g/mol. The number of nitrogens with zero attached hydrogens (tertiary/aromatic N) is 2. The van der Waals surface area contributed by atoms with Crippen molar-refractivity contribution in [2.24, 2.45) is 0 Å². The van der Waals surface area contributed by atoms with Crippen LogP contribution in [0.5, 0.6) is 0 Å². The van der Waals surface area contributed by atoms with E-state index in [1.807, 2.05) is 35.7 Å². The van der Waals surface area contributed by atoms with Gasteiger partial charge in [-0.15, -0.1) is 11.3 Å². The SMILES string of the molecule is Clc1ccc2nc(-c3nc(Br)cs3)ccc2c1. The van der Waals surface area contributed by atoms with E-state index in [9.17, 15) is 0 Å². The molecule has 1 aromatic carbocycles. The molecule has 3 rings (SSSR count). The molecule has 2 nitrogen and oxygen atoms in total. The Morgan fingerprint density at radius 2 is 2.00 bits per heavy atom. The number of hydrogen-bond acceptors (Lipinski definition) is 3. The molecule has 3 aromatic rings. The molecule has 0 radical (unpaired) electrons. The molecule has 0 amide bonds. The van der Waals surface area contributed by atoms with E-state index in [0.29, 0.717) is 0 Å². The largest absolute Gasteiger partial charge is 0.245 e. The van der Waals surface area contributed by atoms with E-state index >= 15 is 0 Å². The maximum Gasteiger partial charge on any atom is 0.143 e. The van der Waals surface area contributed by atoms with Gasteiger partial charge >= 0.3 is 0 Å². The molecule has 0 spiro atoms. The number of thiazole rings is 1.